The minimum atomic E-state index is -0.0497. The van der Waals surface area contributed by atoms with Crippen LogP contribution in [0, 0.1) is 28.6 Å². The second-order valence-electron chi connectivity index (χ2n) is 11.8. The van der Waals surface area contributed by atoms with Crippen molar-refractivity contribution in [1.29, 1.82) is 0 Å². The largest absolute Gasteiger partial charge is 0.462 e. The maximum Gasteiger partial charge on any atom is 0.311 e. The highest BCUT2D eigenvalue weighted by molar-refractivity contribution is 5.87. The second kappa shape index (κ2) is 8.32. The quantitative estimate of drug-likeness (QED) is 0.546. The van der Waals surface area contributed by atoms with Crippen molar-refractivity contribution in [1.82, 2.24) is 0 Å². The third-order valence-corrected chi connectivity index (χ3v) is 10.3. The summed E-state index contributed by atoms with van der Waals surface area (Å²) in [5.41, 5.74) is 1.75. The number of hydrogen-bond acceptors (Lipinski definition) is 3. The average molecular weight is 429 g/mol. The van der Waals surface area contributed by atoms with E-state index in [1.54, 1.807) is 10.5 Å². The van der Waals surface area contributed by atoms with Crippen LogP contribution in [0.15, 0.2) is 11.6 Å². The summed E-state index contributed by atoms with van der Waals surface area (Å²) < 4.78 is 5.97. The molecular weight excluding hydrogens is 386 g/mol. The Balaban J connectivity index is 1.20. The lowest BCUT2D eigenvalue weighted by Crippen LogP contribution is -3.12. The number of quaternary nitrogens is 1. The van der Waals surface area contributed by atoms with E-state index < -0.39 is 0 Å². The number of ketones is 1. The van der Waals surface area contributed by atoms with Crippen LogP contribution in [0.1, 0.15) is 90.9 Å². The summed E-state index contributed by atoms with van der Waals surface area (Å²) in [6.07, 6.45) is 15.5. The Morgan fingerprint density at radius 3 is 2.61 bits per heavy atom. The predicted molar refractivity (Wildman–Crippen MR) is 121 cm³/mol. The van der Waals surface area contributed by atoms with Crippen LogP contribution in [0.25, 0.3) is 0 Å². The number of fused-ring (bicyclic) bond motifs is 5. The molecular formula is C27H42NO3+. The number of allylic oxidation sites excluding steroid dienone is 1. The molecule has 172 valence electrons. The van der Waals surface area contributed by atoms with E-state index in [0.717, 1.165) is 51.5 Å². The Hall–Kier alpha value is -1.16. The lowest BCUT2D eigenvalue weighted by Gasteiger charge is -2.56. The molecule has 4 fully saturated rings. The molecule has 1 saturated heterocycles. The van der Waals surface area contributed by atoms with E-state index in [-0.39, 0.29) is 22.9 Å². The smallest absolute Gasteiger partial charge is 0.311 e. The molecule has 31 heavy (non-hydrogen) atoms. The number of esters is 1. The summed E-state index contributed by atoms with van der Waals surface area (Å²) >= 11 is 0. The van der Waals surface area contributed by atoms with Crippen molar-refractivity contribution in [3.63, 3.8) is 0 Å². The summed E-state index contributed by atoms with van der Waals surface area (Å²) in [6.45, 7) is 8.11. The van der Waals surface area contributed by atoms with Crippen molar-refractivity contribution >= 4 is 11.8 Å². The van der Waals surface area contributed by atoms with Gasteiger partial charge in [0.15, 0.2) is 0 Å². The van der Waals surface area contributed by atoms with Crippen molar-refractivity contribution in [2.45, 2.75) is 97.0 Å². The van der Waals surface area contributed by atoms with E-state index in [2.05, 4.69) is 19.9 Å². The van der Waals surface area contributed by atoms with Gasteiger partial charge in [0.25, 0.3) is 0 Å². The number of rotatable bonds is 4. The van der Waals surface area contributed by atoms with Crippen LogP contribution in [0.2, 0.25) is 0 Å². The molecule has 0 bridgehead atoms. The molecule has 5 aliphatic rings. The predicted octanol–water partition coefficient (Wildman–Crippen LogP) is 3.89. The SMILES string of the molecule is C[C@]12CC[C@H](OC(=O)CC[NH+]3CCCCC3)CC1=CC[C@@H]1[C@@H]2CC[C@]2(C)C(=O)CC[C@@H]12. The summed E-state index contributed by atoms with van der Waals surface area (Å²) in [5.74, 6) is 2.50. The highest BCUT2D eigenvalue weighted by Crippen LogP contribution is 2.64. The summed E-state index contributed by atoms with van der Waals surface area (Å²) in [4.78, 5) is 26.7. The van der Waals surface area contributed by atoms with Crippen LogP contribution in [-0.4, -0.2) is 37.5 Å². The molecule has 6 atom stereocenters. The molecule has 4 nitrogen and oxygen atoms in total. The molecule has 0 radical (unpaired) electrons. The van der Waals surface area contributed by atoms with Gasteiger partial charge in [-0.05, 0) is 81.0 Å². The van der Waals surface area contributed by atoms with E-state index in [1.807, 2.05) is 0 Å². The first kappa shape index (κ1) is 21.7. The van der Waals surface area contributed by atoms with E-state index >= 15 is 0 Å². The molecule has 1 heterocycles. The number of nitrogens with one attached hydrogen (secondary N) is 1. The molecule has 4 heteroatoms. The zero-order valence-electron chi connectivity index (χ0n) is 19.7. The van der Waals surface area contributed by atoms with Gasteiger partial charge in [0.2, 0.25) is 0 Å². The van der Waals surface area contributed by atoms with Gasteiger partial charge >= 0.3 is 5.97 Å². The van der Waals surface area contributed by atoms with Gasteiger partial charge in [-0.3, -0.25) is 9.59 Å². The standard InChI is InChI=1S/C27H41NO3/c1-26-13-10-20(31-25(30)12-17-28-15-4-3-5-16-28)18-19(26)6-7-21-22-8-9-24(29)27(22,2)14-11-23(21)26/h6,20-23H,3-5,7-18H2,1-2H3/p+1/t20-,21-,22-,23-,26-,27-/m0/s1. The van der Waals surface area contributed by atoms with Crippen molar-refractivity contribution < 1.29 is 19.2 Å². The van der Waals surface area contributed by atoms with Gasteiger partial charge in [-0.15, -0.1) is 0 Å². The van der Waals surface area contributed by atoms with Crippen LogP contribution >= 0.6 is 0 Å². The maximum atomic E-state index is 12.6. The van der Waals surface area contributed by atoms with Crippen molar-refractivity contribution in [2.75, 3.05) is 19.6 Å². The molecule has 1 aliphatic heterocycles. The Bertz CT molecular complexity index is 754. The number of piperidine rings is 1. The highest BCUT2D eigenvalue weighted by Gasteiger charge is 2.58. The monoisotopic (exact) mass is 428 g/mol. The van der Waals surface area contributed by atoms with E-state index in [1.165, 1.54) is 38.8 Å². The average Bonchev–Trinajstić information content (AvgIpc) is 3.08. The molecule has 3 saturated carbocycles. The van der Waals surface area contributed by atoms with Gasteiger partial charge in [0.1, 0.15) is 11.9 Å². The molecule has 0 amide bonds. The van der Waals surface area contributed by atoms with Gasteiger partial charge in [0.05, 0.1) is 26.1 Å². The van der Waals surface area contributed by atoms with Gasteiger partial charge in [0, 0.05) is 18.3 Å². The molecule has 4 aliphatic carbocycles. The van der Waals surface area contributed by atoms with E-state index in [0.29, 0.717) is 30.0 Å². The molecule has 0 spiro atoms. The van der Waals surface area contributed by atoms with Gasteiger partial charge in [-0.25, -0.2) is 0 Å². The van der Waals surface area contributed by atoms with E-state index in [4.69, 9.17) is 4.74 Å². The fourth-order valence-electron chi connectivity index (χ4n) is 8.32. The fraction of sp³-hybridized carbons (Fsp3) is 0.852. The van der Waals surface area contributed by atoms with Crippen LogP contribution in [-0.2, 0) is 14.3 Å². The molecule has 0 aromatic carbocycles. The lowest BCUT2D eigenvalue weighted by molar-refractivity contribution is -0.904. The van der Waals surface area contributed by atoms with Crippen LogP contribution in [0.5, 0.6) is 0 Å². The van der Waals surface area contributed by atoms with E-state index in [9.17, 15) is 9.59 Å². The number of ether oxygens (including phenoxy) is 1. The number of likely N-dealkylation sites (tertiary alicyclic amines) is 1. The number of carbonyl (C=O) groups excluding carboxylic acids is 2. The number of carbonyl (C=O) groups is 2. The molecule has 5 rings (SSSR count). The van der Waals surface area contributed by atoms with Crippen LogP contribution in [0.4, 0.5) is 0 Å². The third-order valence-electron chi connectivity index (χ3n) is 10.3. The van der Waals surface area contributed by atoms with Crippen molar-refractivity contribution in [3.05, 3.63) is 11.6 Å². The number of hydrogen-bond donors (Lipinski definition) is 1. The molecule has 0 unspecified atom stereocenters. The van der Waals surface area contributed by atoms with Crippen LogP contribution < -0.4 is 4.90 Å². The van der Waals surface area contributed by atoms with Gasteiger partial charge in [-0.1, -0.05) is 25.5 Å². The topological polar surface area (TPSA) is 47.8 Å². The fourth-order valence-corrected chi connectivity index (χ4v) is 8.32. The lowest BCUT2D eigenvalue weighted by atomic mass is 9.48. The molecule has 0 aromatic heterocycles. The minimum absolute atomic E-state index is 0.0128. The Kier molecular flexibility index (Phi) is 5.82. The summed E-state index contributed by atoms with van der Waals surface area (Å²) in [7, 11) is 0. The molecule has 0 aromatic rings. The Labute approximate surface area is 188 Å². The first-order valence-corrected chi connectivity index (χ1v) is 13.2. The normalized spacial score (nSPS) is 42.9. The maximum absolute atomic E-state index is 12.6. The summed E-state index contributed by atoms with van der Waals surface area (Å²) in [5, 5.41) is 0. The Morgan fingerprint density at radius 1 is 1.06 bits per heavy atom. The Morgan fingerprint density at radius 2 is 1.81 bits per heavy atom. The molecule has 1 N–H and O–H groups in total. The van der Waals surface area contributed by atoms with Crippen molar-refractivity contribution in [2.24, 2.45) is 28.6 Å². The zero-order chi connectivity index (χ0) is 21.6. The van der Waals surface area contributed by atoms with Crippen LogP contribution in [0.3, 0.4) is 0 Å². The first-order chi connectivity index (χ1) is 14.9. The zero-order valence-corrected chi connectivity index (χ0v) is 19.7. The summed E-state index contributed by atoms with van der Waals surface area (Å²) in [6, 6.07) is 0. The highest BCUT2D eigenvalue weighted by atomic mass is 16.5. The van der Waals surface area contributed by atoms with Gasteiger partial charge in [-0.2, -0.15) is 0 Å². The first-order valence-electron chi connectivity index (χ1n) is 13.2. The second-order valence-corrected chi connectivity index (χ2v) is 11.8. The van der Waals surface area contributed by atoms with Gasteiger partial charge < -0.3 is 9.64 Å². The van der Waals surface area contributed by atoms with Crippen molar-refractivity contribution in [3.8, 4) is 0 Å². The third kappa shape index (κ3) is 3.81. The minimum Gasteiger partial charge on any atom is -0.462 e. The number of Topliss-reactive ketones (excluding diaryl/α,β-unsaturated/α-hetero) is 1.